The Bertz CT molecular complexity index is 1550. The maximum Gasteiger partial charge on any atom is 0.301 e. The zero-order chi connectivity index (χ0) is 26.8. The number of aromatic nitrogens is 1. The van der Waals surface area contributed by atoms with Gasteiger partial charge in [-0.3, -0.25) is 14.5 Å². The molecule has 1 amide bonds. The molecular formula is C29H25ClN2O5S. The predicted octanol–water partition coefficient (Wildman–Crippen LogP) is 6.76. The van der Waals surface area contributed by atoms with Gasteiger partial charge in [0.05, 0.1) is 35.5 Å². The SMILES string of the molecule is CCCCOc1ccc(C2/C(=C(\O)c3cccc(OC)c3)C(=O)C(=O)N2c2nc3ccc(Cl)cc3s2)cc1. The molecule has 0 spiro atoms. The van der Waals surface area contributed by atoms with Gasteiger partial charge >= 0.3 is 5.91 Å². The Morgan fingerprint density at radius 2 is 1.87 bits per heavy atom. The van der Waals surface area contributed by atoms with E-state index in [1.807, 2.05) is 0 Å². The summed E-state index contributed by atoms with van der Waals surface area (Å²) in [5, 5.41) is 12.2. The number of Topliss-reactive ketones (excluding diaryl/α,β-unsaturated/α-hetero) is 1. The number of fused-ring (bicyclic) bond motifs is 1. The molecule has 38 heavy (non-hydrogen) atoms. The van der Waals surface area contributed by atoms with Gasteiger partial charge in [0.2, 0.25) is 0 Å². The highest BCUT2D eigenvalue weighted by atomic mass is 35.5. The number of hydrogen-bond donors (Lipinski definition) is 1. The zero-order valence-corrected chi connectivity index (χ0v) is 22.4. The minimum Gasteiger partial charge on any atom is -0.507 e. The van der Waals surface area contributed by atoms with Crippen molar-refractivity contribution < 1.29 is 24.2 Å². The van der Waals surface area contributed by atoms with Crippen LogP contribution < -0.4 is 14.4 Å². The number of carbonyl (C=O) groups excluding carboxylic acids is 2. The fraction of sp³-hybridized carbons (Fsp3) is 0.207. The van der Waals surface area contributed by atoms with Gasteiger partial charge in [0, 0.05) is 10.6 Å². The summed E-state index contributed by atoms with van der Waals surface area (Å²) in [5.41, 5.74) is 1.62. The smallest absolute Gasteiger partial charge is 0.301 e. The number of anilines is 1. The van der Waals surface area contributed by atoms with Crippen molar-refractivity contribution in [3.63, 3.8) is 0 Å². The average Bonchev–Trinajstić information content (AvgIpc) is 3.46. The Hall–Kier alpha value is -3.88. The molecule has 1 aliphatic rings. The molecule has 1 aromatic heterocycles. The average molecular weight is 549 g/mol. The number of aliphatic hydroxyl groups is 1. The van der Waals surface area contributed by atoms with E-state index in [0.717, 1.165) is 17.5 Å². The topological polar surface area (TPSA) is 89.0 Å². The van der Waals surface area contributed by atoms with Gasteiger partial charge < -0.3 is 14.6 Å². The molecule has 7 nitrogen and oxygen atoms in total. The largest absolute Gasteiger partial charge is 0.507 e. The van der Waals surface area contributed by atoms with E-state index in [2.05, 4.69) is 11.9 Å². The number of methoxy groups -OCH3 is 1. The van der Waals surface area contributed by atoms with E-state index in [-0.39, 0.29) is 11.3 Å². The van der Waals surface area contributed by atoms with Crippen molar-refractivity contribution >= 4 is 55.7 Å². The Labute approximate surface area is 228 Å². The summed E-state index contributed by atoms with van der Waals surface area (Å²) in [4.78, 5) is 32.9. The third-order valence-electron chi connectivity index (χ3n) is 6.30. The first-order valence-corrected chi connectivity index (χ1v) is 13.3. The van der Waals surface area contributed by atoms with E-state index in [1.54, 1.807) is 66.7 Å². The lowest BCUT2D eigenvalue weighted by molar-refractivity contribution is -0.132. The second kappa shape index (κ2) is 10.8. The number of aliphatic hydroxyl groups excluding tert-OH is 1. The summed E-state index contributed by atoms with van der Waals surface area (Å²) in [6, 6.07) is 18.3. The molecule has 1 unspecified atom stereocenters. The van der Waals surface area contributed by atoms with E-state index in [4.69, 9.17) is 21.1 Å². The second-order valence-electron chi connectivity index (χ2n) is 8.78. The molecule has 9 heteroatoms. The summed E-state index contributed by atoms with van der Waals surface area (Å²) >= 11 is 7.42. The van der Waals surface area contributed by atoms with E-state index >= 15 is 0 Å². The summed E-state index contributed by atoms with van der Waals surface area (Å²) in [6.45, 7) is 2.69. The molecule has 2 heterocycles. The van der Waals surface area contributed by atoms with E-state index < -0.39 is 17.7 Å². The molecule has 0 aliphatic carbocycles. The van der Waals surface area contributed by atoms with E-state index in [9.17, 15) is 14.7 Å². The molecule has 0 radical (unpaired) electrons. The number of rotatable bonds is 8. The normalized spacial score (nSPS) is 16.8. The number of unbranched alkanes of at least 4 members (excludes halogenated alkanes) is 1. The Kier molecular flexibility index (Phi) is 7.35. The lowest BCUT2D eigenvalue weighted by Crippen LogP contribution is -2.29. The van der Waals surface area contributed by atoms with Crippen LogP contribution in [0.4, 0.5) is 5.13 Å². The van der Waals surface area contributed by atoms with Crippen molar-refractivity contribution in [2.45, 2.75) is 25.8 Å². The van der Waals surface area contributed by atoms with E-state index in [0.29, 0.717) is 44.9 Å². The fourth-order valence-electron chi connectivity index (χ4n) is 4.34. The first kappa shape index (κ1) is 25.8. The quantitative estimate of drug-likeness (QED) is 0.113. The highest BCUT2D eigenvalue weighted by Gasteiger charge is 2.48. The highest BCUT2D eigenvalue weighted by molar-refractivity contribution is 7.22. The number of amides is 1. The van der Waals surface area contributed by atoms with E-state index in [1.165, 1.54) is 23.3 Å². The standard InChI is InChI=1S/C29H25ClN2O5S/c1-3-4-14-37-20-11-8-17(9-12-20)25-24(26(33)18-6-5-7-21(15-18)36-2)27(34)28(35)32(25)29-31-22-13-10-19(30)16-23(22)38-29/h5-13,15-16,25,33H,3-4,14H2,1-2H3/b26-24+. The van der Waals surface area contributed by atoms with Gasteiger partial charge in [-0.15, -0.1) is 0 Å². The summed E-state index contributed by atoms with van der Waals surface area (Å²) in [5.74, 6) is -0.663. The van der Waals surface area contributed by atoms with Crippen molar-refractivity contribution in [3.8, 4) is 11.5 Å². The summed E-state index contributed by atoms with van der Waals surface area (Å²) < 4.78 is 11.9. The van der Waals surface area contributed by atoms with Crippen molar-refractivity contribution in [1.82, 2.24) is 4.98 Å². The number of ketones is 1. The molecule has 194 valence electrons. The summed E-state index contributed by atoms with van der Waals surface area (Å²) in [7, 11) is 1.52. The fourth-order valence-corrected chi connectivity index (χ4v) is 5.61. The van der Waals surface area contributed by atoms with Crippen molar-refractivity contribution in [1.29, 1.82) is 0 Å². The number of nitrogens with zero attached hydrogens (tertiary/aromatic N) is 2. The van der Waals surface area contributed by atoms with Crippen LogP contribution in [0.5, 0.6) is 11.5 Å². The maximum absolute atomic E-state index is 13.5. The number of thiazole rings is 1. The Morgan fingerprint density at radius 3 is 2.61 bits per heavy atom. The number of halogens is 1. The lowest BCUT2D eigenvalue weighted by atomic mass is 9.95. The molecule has 5 rings (SSSR count). The molecule has 4 aromatic rings. The number of benzene rings is 3. The van der Waals surface area contributed by atoms with Crippen LogP contribution in [0.2, 0.25) is 5.02 Å². The predicted molar refractivity (Wildman–Crippen MR) is 149 cm³/mol. The van der Waals surface area contributed by atoms with Crippen LogP contribution in [0.15, 0.2) is 72.3 Å². The molecular weight excluding hydrogens is 524 g/mol. The van der Waals surface area contributed by atoms with Gasteiger partial charge in [-0.05, 0) is 54.4 Å². The molecule has 1 atom stereocenters. The van der Waals surface area contributed by atoms with Gasteiger partial charge in [0.15, 0.2) is 5.13 Å². The van der Waals surface area contributed by atoms with Crippen LogP contribution >= 0.6 is 22.9 Å². The third-order valence-corrected chi connectivity index (χ3v) is 7.55. The highest BCUT2D eigenvalue weighted by Crippen LogP contribution is 2.45. The van der Waals surface area contributed by atoms with Crippen LogP contribution in [-0.2, 0) is 9.59 Å². The molecule has 1 N–H and O–H groups in total. The monoisotopic (exact) mass is 548 g/mol. The molecule has 0 bridgehead atoms. The minimum atomic E-state index is -0.901. The van der Waals surface area contributed by atoms with Crippen LogP contribution in [0.1, 0.15) is 36.9 Å². The zero-order valence-electron chi connectivity index (χ0n) is 20.8. The first-order valence-electron chi connectivity index (χ1n) is 12.2. The van der Waals surface area contributed by atoms with Gasteiger partial charge in [0.1, 0.15) is 17.3 Å². The van der Waals surface area contributed by atoms with Gasteiger partial charge in [-0.1, -0.05) is 60.5 Å². The van der Waals surface area contributed by atoms with Crippen LogP contribution in [0.25, 0.3) is 16.0 Å². The Morgan fingerprint density at radius 1 is 1.08 bits per heavy atom. The minimum absolute atomic E-state index is 0.0276. The van der Waals surface area contributed by atoms with Crippen LogP contribution in [-0.4, -0.2) is 35.5 Å². The molecule has 1 fully saturated rings. The second-order valence-corrected chi connectivity index (χ2v) is 10.2. The van der Waals surface area contributed by atoms with Crippen molar-refractivity contribution in [3.05, 3.63) is 88.5 Å². The summed E-state index contributed by atoms with van der Waals surface area (Å²) in [6.07, 6.45) is 1.95. The lowest BCUT2D eigenvalue weighted by Gasteiger charge is -2.23. The van der Waals surface area contributed by atoms with Gasteiger partial charge in [0.25, 0.3) is 5.78 Å². The molecule has 0 saturated carbocycles. The number of hydrogen-bond acceptors (Lipinski definition) is 7. The Balaban J connectivity index is 1.64. The number of ether oxygens (including phenoxy) is 2. The number of carbonyl (C=O) groups is 2. The third kappa shape index (κ3) is 4.85. The first-order chi connectivity index (χ1) is 18.4. The molecule has 1 saturated heterocycles. The van der Waals surface area contributed by atoms with Crippen LogP contribution in [0, 0.1) is 0 Å². The molecule has 1 aliphatic heterocycles. The van der Waals surface area contributed by atoms with Crippen molar-refractivity contribution in [2.75, 3.05) is 18.6 Å². The molecule has 3 aromatic carbocycles. The van der Waals surface area contributed by atoms with Crippen LogP contribution in [0.3, 0.4) is 0 Å². The van der Waals surface area contributed by atoms with Crippen molar-refractivity contribution in [2.24, 2.45) is 0 Å². The maximum atomic E-state index is 13.5. The van der Waals surface area contributed by atoms with Gasteiger partial charge in [-0.2, -0.15) is 0 Å². The van der Waals surface area contributed by atoms with Gasteiger partial charge in [-0.25, -0.2) is 4.98 Å².